The van der Waals surface area contributed by atoms with E-state index in [1.54, 1.807) is 0 Å². The van der Waals surface area contributed by atoms with Gasteiger partial charge in [-0.25, -0.2) is 4.79 Å². The molecule has 0 heterocycles. The summed E-state index contributed by atoms with van der Waals surface area (Å²) in [5.41, 5.74) is 0. The number of hydrogen-bond donors (Lipinski definition) is 1. The van der Waals surface area contributed by atoms with Gasteiger partial charge in [0.05, 0.1) is 0 Å². The van der Waals surface area contributed by atoms with E-state index in [1.165, 1.54) is 25.7 Å². The summed E-state index contributed by atoms with van der Waals surface area (Å²) in [4.78, 5) is 10.6. The summed E-state index contributed by atoms with van der Waals surface area (Å²) >= 11 is 0. The van der Waals surface area contributed by atoms with Crippen molar-refractivity contribution in [3.8, 4) is 0 Å². The Labute approximate surface area is 114 Å². The molecule has 0 fully saturated rings. The number of carbonyl (C=O) groups is 1. The van der Waals surface area contributed by atoms with Gasteiger partial charge in [-0.2, -0.15) is 0 Å². The maximum Gasteiger partial charge on any atom is 0.491 e. The molecule has 0 spiro atoms. The van der Waals surface area contributed by atoms with E-state index in [-0.39, 0.29) is 5.04 Å². The number of unbranched alkanes of at least 4 members (excludes halogenated alkanes) is 1. The maximum absolute atomic E-state index is 10.6. The van der Waals surface area contributed by atoms with Gasteiger partial charge in [-0.05, 0) is 17.4 Å². The van der Waals surface area contributed by atoms with Gasteiger partial charge in [0.1, 0.15) is 0 Å². The average molecular weight is 274 g/mol. The molecule has 0 rings (SSSR count). The lowest BCUT2D eigenvalue weighted by atomic mass is 9.85. The van der Waals surface area contributed by atoms with Gasteiger partial charge in [0.15, 0.2) is 0 Å². The molecule has 1 N–H and O–H groups in total. The van der Waals surface area contributed by atoms with Gasteiger partial charge < -0.3 is 9.53 Å². The van der Waals surface area contributed by atoms with Crippen molar-refractivity contribution in [1.82, 2.24) is 0 Å². The molecule has 0 aliphatic heterocycles. The van der Waals surface area contributed by atoms with Crippen LogP contribution in [0.1, 0.15) is 72.6 Å². The topological polar surface area (TPSA) is 46.5 Å². The highest BCUT2D eigenvalue weighted by Gasteiger charge is 2.31. The van der Waals surface area contributed by atoms with Crippen molar-refractivity contribution >= 4 is 15.9 Å². The van der Waals surface area contributed by atoms with E-state index in [2.05, 4.69) is 27.7 Å². The zero-order chi connectivity index (χ0) is 14.0. The molecule has 3 nitrogen and oxygen atoms in total. The van der Waals surface area contributed by atoms with E-state index < -0.39 is 15.9 Å². The van der Waals surface area contributed by atoms with Crippen molar-refractivity contribution in [1.29, 1.82) is 0 Å². The first-order chi connectivity index (χ1) is 8.53. The van der Waals surface area contributed by atoms with E-state index in [0.717, 1.165) is 25.2 Å². The predicted molar refractivity (Wildman–Crippen MR) is 78.9 cm³/mol. The molecule has 1 unspecified atom stereocenters. The van der Waals surface area contributed by atoms with E-state index in [0.29, 0.717) is 0 Å². The lowest BCUT2D eigenvalue weighted by molar-refractivity contribution is 0.142. The fourth-order valence-electron chi connectivity index (χ4n) is 2.57. The first kappa shape index (κ1) is 17.5. The smallest absolute Gasteiger partial charge is 0.491 e. The van der Waals surface area contributed by atoms with E-state index in [1.807, 2.05) is 0 Å². The molecule has 4 heteroatoms. The van der Waals surface area contributed by atoms with Crippen LogP contribution in [0.15, 0.2) is 0 Å². The molecule has 0 saturated carbocycles. The summed E-state index contributed by atoms with van der Waals surface area (Å²) in [6.07, 6.45) is 7.15. The molecule has 1 atom stereocenters. The van der Waals surface area contributed by atoms with Crippen LogP contribution in [0.4, 0.5) is 4.79 Å². The Balaban J connectivity index is 4.49. The zero-order valence-electron chi connectivity index (χ0n) is 12.5. The van der Waals surface area contributed by atoms with Crippen LogP contribution in [0, 0.1) is 5.92 Å². The van der Waals surface area contributed by atoms with Crippen LogP contribution in [-0.2, 0) is 4.43 Å². The van der Waals surface area contributed by atoms with Gasteiger partial charge in [0.25, 0.3) is 0 Å². The number of hydrogen-bond acceptors (Lipinski definition) is 2. The minimum atomic E-state index is -1.09. The summed E-state index contributed by atoms with van der Waals surface area (Å²) in [6.45, 7) is 8.82. The standard InChI is InChI=1S/C14H30O3Si/c1-5-9-10-12(6-2)11-14(7-3,8-4)18-17-13(15)16/h12H,5-11,18H2,1-4H3,(H,15,16). The van der Waals surface area contributed by atoms with Gasteiger partial charge in [-0.3, -0.25) is 0 Å². The van der Waals surface area contributed by atoms with Crippen LogP contribution in [-0.4, -0.2) is 21.0 Å². The van der Waals surface area contributed by atoms with Crippen molar-refractivity contribution in [2.24, 2.45) is 5.92 Å². The Morgan fingerprint density at radius 2 is 1.89 bits per heavy atom. The highest BCUT2D eigenvalue weighted by Crippen LogP contribution is 2.42. The molecule has 0 aromatic heterocycles. The predicted octanol–water partition coefficient (Wildman–Crippen LogP) is 4.35. The third kappa shape index (κ3) is 6.43. The summed E-state index contributed by atoms with van der Waals surface area (Å²) in [7, 11) is -1.00. The Kier molecular flexibility index (Phi) is 9.15. The van der Waals surface area contributed by atoms with Crippen molar-refractivity contribution in [3.05, 3.63) is 0 Å². The Bertz CT molecular complexity index is 227. The van der Waals surface area contributed by atoms with Crippen LogP contribution in [0.3, 0.4) is 0 Å². The van der Waals surface area contributed by atoms with Gasteiger partial charge in [0, 0.05) is 0 Å². The van der Waals surface area contributed by atoms with Gasteiger partial charge >= 0.3 is 6.16 Å². The molecule has 0 aliphatic carbocycles. The van der Waals surface area contributed by atoms with Crippen LogP contribution in [0.5, 0.6) is 0 Å². The SMILES string of the molecule is CCCCC(CC)CC(CC)(CC)[SiH2]OC(=O)O. The lowest BCUT2D eigenvalue weighted by Crippen LogP contribution is -2.26. The minimum Gasteiger partial charge on any atom is -0.494 e. The zero-order valence-corrected chi connectivity index (χ0v) is 13.9. The van der Waals surface area contributed by atoms with Crippen LogP contribution in [0.25, 0.3) is 0 Å². The van der Waals surface area contributed by atoms with Crippen molar-refractivity contribution in [3.63, 3.8) is 0 Å². The minimum absolute atomic E-state index is 0.173. The monoisotopic (exact) mass is 274 g/mol. The Hall–Kier alpha value is -0.513. The fourth-order valence-corrected chi connectivity index (χ4v) is 3.94. The molecule has 108 valence electrons. The summed E-state index contributed by atoms with van der Waals surface area (Å²) in [6, 6.07) is 0. The van der Waals surface area contributed by atoms with Crippen LogP contribution >= 0.6 is 0 Å². The number of rotatable bonds is 10. The van der Waals surface area contributed by atoms with Crippen molar-refractivity contribution < 1.29 is 14.3 Å². The third-order valence-electron chi connectivity index (χ3n) is 4.27. The summed E-state index contributed by atoms with van der Waals surface area (Å²) < 4.78 is 4.99. The van der Waals surface area contributed by atoms with E-state index in [4.69, 9.17) is 9.53 Å². The first-order valence-corrected chi connectivity index (χ1v) is 8.67. The van der Waals surface area contributed by atoms with Crippen LogP contribution < -0.4 is 0 Å². The molecule has 0 aromatic carbocycles. The molecule has 0 bridgehead atoms. The Morgan fingerprint density at radius 1 is 1.28 bits per heavy atom. The fraction of sp³-hybridized carbons (Fsp3) is 0.929. The third-order valence-corrected chi connectivity index (χ3v) is 6.56. The molecular formula is C14H30O3Si. The van der Waals surface area contributed by atoms with E-state index >= 15 is 0 Å². The maximum atomic E-state index is 10.6. The van der Waals surface area contributed by atoms with Gasteiger partial charge in [-0.15, -0.1) is 0 Å². The second-order valence-electron chi connectivity index (χ2n) is 5.38. The highest BCUT2D eigenvalue weighted by molar-refractivity contribution is 6.34. The van der Waals surface area contributed by atoms with Gasteiger partial charge in [0.2, 0.25) is 9.76 Å². The second-order valence-corrected chi connectivity index (χ2v) is 7.46. The van der Waals surface area contributed by atoms with E-state index in [9.17, 15) is 4.79 Å². The van der Waals surface area contributed by atoms with Crippen molar-refractivity contribution in [2.75, 3.05) is 0 Å². The molecule has 18 heavy (non-hydrogen) atoms. The largest absolute Gasteiger partial charge is 0.494 e. The second kappa shape index (κ2) is 9.42. The molecule has 0 aromatic rings. The molecule has 0 saturated heterocycles. The molecule has 0 amide bonds. The quantitative estimate of drug-likeness (QED) is 0.602. The first-order valence-electron chi connectivity index (χ1n) is 7.39. The lowest BCUT2D eigenvalue weighted by Gasteiger charge is -2.33. The average Bonchev–Trinajstić information content (AvgIpc) is 2.38. The molecular weight excluding hydrogens is 244 g/mol. The Morgan fingerprint density at radius 3 is 2.28 bits per heavy atom. The normalized spacial score (nSPS) is 14.0. The molecule has 0 aliphatic rings. The molecule has 0 radical (unpaired) electrons. The van der Waals surface area contributed by atoms with Crippen LogP contribution in [0.2, 0.25) is 5.04 Å². The number of carboxylic acid groups (broad SMARTS) is 1. The van der Waals surface area contributed by atoms with Gasteiger partial charge in [-0.1, -0.05) is 66.2 Å². The summed E-state index contributed by atoms with van der Waals surface area (Å²) in [5.74, 6) is 0.731. The summed E-state index contributed by atoms with van der Waals surface area (Å²) in [5, 5.41) is 8.89. The van der Waals surface area contributed by atoms with Crippen molar-refractivity contribution in [2.45, 2.75) is 77.7 Å². The highest BCUT2D eigenvalue weighted by atomic mass is 28.2.